The number of hydrogen-bond donors (Lipinski definition) is 2. The van der Waals surface area contributed by atoms with Crippen LogP contribution in [-0.2, 0) is 0 Å². The maximum atomic E-state index is 13.0. The van der Waals surface area contributed by atoms with Crippen LogP contribution in [0.3, 0.4) is 0 Å². The number of methoxy groups -OCH3 is 1. The Morgan fingerprint density at radius 1 is 1.43 bits per heavy atom. The van der Waals surface area contributed by atoms with Crippen molar-refractivity contribution < 1.29 is 9.53 Å². The van der Waals surface area contributed by atoms with Crippen LogP contribution in [0.15, 0.2) is 48.1 Å². The van der Waals surface area contributed by atoms with Crippen molar-refractivity contribution in [2.75, 3.05) is 32.6 Å². The molecule has 0 atom stereocenters. The third-order valence-corrected chi connectivity index (χ3v) is 5.56. The summed E-state index contributed by atoms with van der Waals surface area (Å²) in [5.74, 6) is 0.584. The van der Waals surface area contributed by atoms with Crippen LogP contribution >= 0.6 is 11.3 Å². The summed E-state index contributed by atoms with van der Waals surface area (Å²) in [5, 5.41) is 13.5. The first kappa shape index (κ1) is 20.0. The maximum Gasteiger partial charge on any atom is 0.269 e. The number of hydrogen-bond acceptors (Lipinski definition) is 7. The van der Waals surface area contributed by atoms with Crippen LogP contribution in [0.25, 0.3) is 0 Å². The minimum atomic E-state index is -0.107. The van der Waals surface area contributed by atoms with Gasteiger partial charge in [0.25, 0.3) is 5.91 Å². The highest BCUT2D eigenvalue weighted by Gasteiger charge is 2.30. The Kier molecular flexibility index (Phi) is 6.78. The second-order valence-corrected chi connectivity index (χ2v) is 7.58. The average Bonchev–Trinajstić information content (AvgIpc) is 3.25. The van der Waals surface area contributed by atoms with E-state index in [1.54, 1.807) is 36.5 Å². The summed E-state index contributed by atoms with van der Waals surface area (Å²) >= 11 is 1.41. The average molecular weight is 400 g/mol. The molecule has 0 aliphatic carbocycles. The molecule has 3 heterocycles. The number of rotatable bonds is 6. The standard InChI is InChI=1S/C20H25N5O2S/c1-24-11-7-16(8-12-24)25(20(26)17-4-3-13-28-17)18(21)6-10-22-15-5-9-23-19(14-15)27-2/h3-6,9-10,13-14,16,21H,7-8,11-12H2,1-2H3,(H,22,23)/b10-6-,21-18?. The van der Waals surface area contributed by atoms with Crippen molar-refractivity contribution in [3.63, 3.8) is 0 Å². The third-order valence-electron chi connectivity index (χ3n) is 4.70. The van der Waals surface area contributed by atoms with Gasteiger partial charge in [-0.1, -0.05) is 6.07 Å². The number of pyridine rings is 1. The van der Waals surface area contributed by atoms with Crippen molar-refractivity contribution in [2.45, 2.75) is 18.9 Å². The minimum absolute atomic E-state index is 0.0315. The van der Waals surface area contributed by atoms with Crippen molar-refractivity contribution in [1.29, 1.82) is 5.41 Å². The summed E-state index contributed by atoms with van der Waals surface area (Å²) in [4.78, 5) is 21.6. The summed E-state index contributed by atoms with van der Waals surface area (Å²) in [7, 11) is 3.65. The van der Waals surface area contributed by atoms with E-state index in [0.29, 0.717) is 10.8 Å². The summed E-state index contributed by atoms with van der Waals surface area (Å²) in [6.07, 6.45) is 6.65. The summed E-state index contributed by atoms with van der Waals surface area (Å²) in [6.45, 7) is 1.84. The number of thiophene rings is 1. The van der Waals surface area contributed by atoms with Crippen LogP contribution in [0.4, 0.5) is 5.69 Å². The number of nitrogens with zero attached hydrogens (tertiary/aromatic N) is 3. The molecule has 2 aromatic rings. The highest BCUT2D eigenvalue weighted by molar-refractivity contribution is 7.12. The molecular weight excluding hydrogens is 374 g/mol. The minimum Gasteiger partial charge on any atom is -0.481 e. The number of aromatic nitrogens is 1. The van der Waals surface area contributed by atoms with E-state index in [2.05, 4.69) is 22.2 Å². The van der Waals surface area contributed by atoms with Gasteiger partial charge in [0.15, 0.2) is 0 Å². The molecule has 2 N–H and O–H groups in total. The predicted molar refractivity (Wildman–Crippen MR) is 112 cm³/mol. The number of carbonyl (C=O) groups is 1. The molecule has 1 aliphatic rings. The lowest BCUT2D eigenvalue weighted by atomic mass is 10.0. The van der Waals surface area contributed by atoms with Gasteiger partial charge in [-0.25, -0.2) is 4.98 Å². The summed E-state index contributed by atoms with van der Waals surface area (Å²) in [5.41, 5.74) is 0.798. The second kappa shape index (κ2) is 9.48. The van der Waals surface area contributed by atoms with Gasteiger partial charge in [0.1, 0.15) is 5.84 Å². The molecule has 0 spiro atoms. The molecule has 2 aromatic heterocycles. The van der Waals surface area contributed by atoms with Gasteiger partial charge >= 0.3 is 0 Å². The predicted octanol–water partition coefficient (Wildman–Crippen LogP) is 3.29. The molecule has 8 heteroatoms. The molecule has 0 unspecified atom stereocenters. The van der Waals surface area contributed by atoms with Crippen LogP contribution in [-0.4, -0.2) is 59.8 Å². The van der Waals surface area contributed by atoms with Gasteiger partial charge in [0.05, 0.1) is 12.0 Å². The Balaban J connectivity index is 1.73. The van der Waals surface area contributed by atoms with Gasteiger partial charge in [-0.05, 0) is 56.6 Å². The Bertz CT molecular complexity index is 829. The fraction of sp³-hybridized carbons (Fsp3) is 0.350. The first-order chi connectivity index (χ1) is 13.6. The zero-order valence-electron chi connectivity index (χ0n) is 16.1. The molecule has 7 nitrogen and oxygen atoms in total. The highest BCUT2D eigenvalue weighted by Crippen LogP contribution is 2.21. The first-order valence-electron chi connectivity index (χ1n) is 9.16. The molecule has 1 aliphatic heterocycles. The molecule has 1 saturated heterocycles. The van der Waals surface area contributed by atoms with Crippen molar-refractivity contribution in [2.24, 2.45) is 0 Å². The SMILES string of the molecule is COc1cc(N/C=C\C(=N)N(C(=O)c2cccs2)C2CCN(C)CC2)ccn1. The normalized spacial score (nSPS) is 15.5. The number of piperidine rings is 1. The molecule has 1 fully saturated rings. The molecule has 1 amide bonds. The molecule has 0 radical (unpaired) electrons. The Hall–Kier alpha value is -2.71. The van der Waals surface area contributed by atoms with Crippen LogP contribution in [0, 0.1) is 5.41 Å². The topological polar surface area (TPSA) is 81.5 Å². The van der Waals surface area contributed by atoms with E-state index in [0.717, 1.165) is 31.6 Å². The van der Waals surface area contributed by atoms with Crippen molar-refractivity contribution in [1.82, 2.24) is 14.8 Å². The Morgan fingerprint density at radius 2 is 2.21 bits per heavy atom. The number of nitrogens with one attached hydrogen (secondary N) is 2. The number of anilines is 1. The molecular formula is C20H25N5O2S. The fourth-order valence-corrected chi connectivity index (χ4v) is 3.81. The number of amidine groups is 1. The number of amides is 1. The summed E-state index contributed by atoms with van der Waals surface area (Å²) < 4.78 is 5.11. The quantitative estimate of drug-likeness (QED) is 0.575. The lowest BCUT2D eigenvalue weighted by molar-refractivity contribution is 0.0753. The van der Waals surface area contributed by atoms with Crippen molar-refractivity contribution >= 4 is 28.8 Å². The van der Waals surface area contributed by atoms with Crippen molar-refractivity contribution in [3.8, 4) is 5.88 Å². The highest BCUT2D eigenvalue weighted by atomic mass is 32.1. The zero-order valence-corrected chi connectivity index (χ0v) is 16.9. The van der Waals surface area contributed by atoms with Crippen LogP contribution in [0.5, 0.6) is 5.88 Å². The number of likely N-dealkylation sites (tertiary alicyclic amines) is 1. The van der Waals surface area contributed by atoms with Gasteiger partial charge < -0.3 is 15.0 Å². The van der Waals surface area contributed by atoms with Gasteiger partial charge in [0, 0.05) is 30.2 Å². The van der Waals surface area contributed by atoms with Gasteiger partial charge in [0.2, 0.25) is 5.88 Å². The van der Waals surface area contributed by atoms with E-state index in [-0.39, 0.29) is 17.8 Å². The lowest BCUT2D eigenvalue weighted by Gasteiger charge is -2.36. The zero-order chi connectivity index (χ0) is 19.9. The monoisotopic (exact) mass is 399 g/mol. The van der Waals surface area contributed by atoms with E-state index >= 15 is 0 Å². The fourth-order valence-electron chi connectivity index (χ4n) is 3.15. The van der Waals surface area contributed by atoms with Crippen LogP contribution in [0.1, 0.15) is 22.5 Å². The molecule has 0 bridgehead atoms. The molecule has 0 aromatic carbocycles. The third kappa shape index (κ3) is 4.96. The molecule has 3 rings (SSSR count). The first-order valence-corrected chi connectivity index (χ1v) is 10.0. The second-order valence-electron chi connectivity index (χ2n) is 6.64. The molecule has 28 heavy (non-hydrogen) atoms. The molecule has 0 saturated carbocycles. The van der Waals surface area contributed by atoms with Crippen LogP contribution in [0.2, 0.25) is 0 Å². The molecule has 148 valence electrons. The van der Waals surface area contributed by atoms with E-state index in [9.17, 15) is 4.79 Å². The van der Waals surface area contributed by atoms with E-state index in [1.807, 2.05) is 23.6 Å². The summed E-state index contributed by atoms with van der Waals surface area (Å²) in [6, 6.07) is 7.28. The van der Waals surface area contributed by atoms with Gasteiger partial charge in [-0.15, -0.1) is 11.3 Å². The lowest BCUT2D eigenvalue weighted by Crippen LogP contribution is -2.48. The van der Waals surface area contributed by atoms with Gasteiger partial charge in [-0.2, -0.15) is 0 Å². The van der Waals surface area contributed by atoms with E-state index in [1.165, 1.54) is 11.3 Å². The van der Waals surface area contributed by atoms with Crippen LogP contribution < -0.4 is 10.1 Å². The largest absolute Gasteiger partial charge is 0.481 e. The van der Waals surface area contributed by atoms with E-state index in [4.69, 9.17) is 10.1 Å². The Morgan fingerprint density at radius 3 is 2.89 bits per heavy atom. The van der Waals surface area contributed by atoms with E-state index < -0.39 is 0 Å². The Labute approximate surface area is 169 Å². The number of ether oxygens (including phenoxy) is 1. The maximum absolute atomic E-state index is 13.0. The number of carbonyl (C=O) groups excluding carboxylic acids is 1. The van der Waals surface area contributed by atoms with Crippen molar-refractivity contribution in [3.05, 3.63) is 53.0 Å². The smallest absolute Gasteiger partial charge is 0.269 e. The van der Waals surface area contributed by atoms with Gasteiger partial charge in [-0.3, -0.25) is 15.1 Å².